The molecule has 6 nitrogen and oxygen atoms in total. The van der Waals surface area contributed by atoms with Gasteiger partial charge in [0.15, 0.2) is 0 Å². The third kappa shape index (κ3) is 4.86. The number of fused-ring (bicyclic) bond motifs is 1. The highest BCUT2D eigenvalue weighted by Gasteiger charge is 2.25. The van der Waals surface area contributed by atoms with Gasteiger partial charge >= 0.3 is 6.03 Å². The van der Waals surface area contributed by atoms with Crippen molar-refractivity contribution < 1.29 is 9.53 Å². The first-order valence-corrected chi connectivity index (χ1v) is 11.3. The van der Waals surface area contributed by atoms with Crippen LogP contribution in [0.2, 0.25) is 0 Å². The lowest BCUT2D eigenvalue weighted by atomic mass is 9.96. The van der Waals surface area contributed by atoms with Gasteiger partial charge in [-0.05, 0) is 62.6 Å². The maximum Gasteiger partial charge on any atom is 0.318 e. The molecule has 0 bridgehead atoms. The topological polar surface area (TPSA) is 74.4 Å². The van der Waals surface area contributed by atoms with Crippen LogP contribution in [0.4, 0.5) is 4.79 Å². The van der Waals surface area contributed by atoms with Crippen LogP contribution in [0.15, 0.2) is 23.0 Å². The summed E-state index contributed by atoms with van der Waals surface area (Å²) in [6.07, 6.45) is 7.68. The number of carbonyl (C=O) groups excluding carboxylic acids is 1. The Kier molecular flexibility index (Phi) is 6.42. The number of aryl methyl sites for hydroxylation is 2. The van der Waals surface area contributed by atoms with Crippen LogP contribution in [-0.2, 0) is 11.3 Å². The molecule has 1 aromatic heterocycles. The second-order valence-electron chi connectivity index (χ2n) is 8.97. The predicted octanol–water partition coefficient (Wildman–Crippen LogP) is 4.17. The fourth-order valence-corrected chi connectivity index (χ4v) is 4.82. The molecule has 2 fully saturated rings. The summed E-state index contributed by atoms with van der Waals surface area (Å²) in [6.45, 7) is 5.61. The highest BCUT2D eigenvalue weighted by atomic mass is 16.5. The van der Waals surface area contributed by atoms with Crippen LogP contribution in [-0.4, -0.2) is 41.2 Å². The molecule has 1 atom stereocenters. The zero-order valence-electron chi connectivity index (χ0n) is 18.1. The molecule has 2 aliphatic rings. The minimum atomic E-state index is -0.128. The van der Waals surface area contributed by atoms with Gasteiger partial charge in [-0.2, -0.15) is 0 Å². The number of urea groups is 1. The first-order valence-electron chi connectivity index (χ1n) is 11.3. The van der Waals surface area contributed by atoms with Crippen LogP contribution in [0.3, 0.4) is 0 Å². The van der Waals surface area contributed by atoms with Gasteiger partial charge in [-0.15, -0.1) is 0 Å². The monoisotopic (exact) mass is 411 g/mol. The number of pyridine rings is 1. The van der Waals surface area contributed by atoms with E-state index in [1.807, 2.05) is 13.0 Å². The molecule has 1 saturated carbocycles. The molecule has 162 valence electrons. The second-order valence-corrected chi connectivity index (χ2v) is 8.97. The lowest BCUT2D eigenvalue weighted by molar-refractivity contribution is 0.0784. The molecule has 0 radical (unpaired) electrons. The number of benzene rings is 1. The number of nitrogens with zero attached hydrogens (tertiary/aromatic N) is 1. The lowest BCUT2D eigenvalue weighted by Crippen LogP contribution is -2.48. The average Bonchev–Trinajstić information content (AvgIpc) is 3.22. The Bertz CT molecular complexity index is 956. The van der Waals surface area contributed by atoms with Crippen molar-refractivity contribution in [3.05, 3.63) is 45.2 Å². The normalized spacial score (nSPS) is 19.9. The Morgan fingerprint density at radius 2 is 1.93 bits per heavy atom. The molecule has 1 aliphatic heterocycles. The van der Waals surface area contributed by atoms with E-state index in [-0.39, 0.29) is 30.3 Å². The molecule has 0 spiro atoms. The van der Waals surface area contributed by atoms with Crippen LogP contribution >= 0.6 is 0 Å². The van der Waals surface area contributed by atoms with Crippen molar-refractivity contribution in [2.24, 2.45) is 0 Å². The Balaban J connectivity index is 1.57. The zero-order chi connectivity index (χ0) is 21.1. The Hall–Kier alpha value is -2.34. The van der Waals surface area contributed by atoms with Gasteiger partial charge in [-0.1, -0.05) is 30.9 Å². The fraction of sp³-hybridized carbons (Fsp3) is 0.583. The third-order valence-corrected chi connectivity index (χ3v) is 6.40. The smallest absolute Gasteiger partial charge is 0.318 e. The minimum Gasteiger partial charge on any atom is -0.376 e. The molecule has 2 amide bonds. The van der Waals surface area contributed by atoms with E-state index in [0.717, 1.165) is 54.3 Å². The van der Waals surface area contributed by atoms with E-state index in [1.165, 1.54) is 19.3 Å². The summed E-state index contributed by atoms with van der Waals surface area (Å²) < 4.78 is 5.79. The molecule has 4 rings (SSSR count). The van der Waals surface area contributed by atoms with Crippen LogP contribution in [0.25, 0.3) is 10.9 Å². The number of hydrogen-bond acceptors (Lipinski definition) is 3. The molecule has 2 heterocycles. The number of ether oxygens (including phenoxy) is 1. The van der Waals surface area contributed by atoms with Crippen molar-refractivity contribution in [1.29, 1.82) is 0 Å². The van der Waals surface area contributed by atoms with Crippen molar-refractivity contribution in [2.75, 3.05) is 13.2 Å². The van der Waals surface area contributed by atoms with E-state index in [4.69, 9.17) is 4.74 Å². The summed E-state index contributed by atoms with van der Waals surface area (Å²) in [4.78, 5) is 30.7. The number of aromatic nitrogens is 1. The number of nitrogens with one attached hydrogen (secondary N) is 2. The summed E-state index contributed by atoms with van der Waals surface area (Å²) in [5, 5.41) is 4.21. The number of aromatic amines is 1. The SMILES string of the molecule is Cc1cc(C)c2[nH]c(=O)c(CN(C[C@H]3CCCO3)C(=O)NC3CCCCC3)cc2c1. The number of carbonyl (C=O) groups is 1. The van der Waals surface area contributed by atoms with Crippen LogP contribution < -0.4 is 10.9 Å². The van der Waals surface area contributed by atoms with Crippen LogP contribution in [0, 0.1) is 13.8 Å². The molecule has 1 aliphatic carbocycles. The van der Waals surface area contributed by atoms with E-state index >= 15 is 0 Å². The van der Waals surface area contributed by atoms with Crippen molar-refractivity contribution in [1.82, 2.24) is 15.2 Å². The van der Waals surface area contributed by atoms with Gasteiger partial charge in [-0.25, -0.2) is 4.79 Å². The van der Waals surface area contributed by atoms with Crippen molar-refractivity contribution in [3.8, 4) is 0 Å². The largest absolute Gasteiger partial charge is 0.376 e. The van der Waals surface area contributed by atoms with Gasteiger partial charge in [-0.3, -0.25) is 4.79 Å². The van der Waals surface area contributed by atoms with E-state index in [0.29, 0.717) is 12.1 Å². The highest BCUT2D eigenvalue weighted by Crippen LogP contribution is 2.21. The highest BCUT2D eigenvalue weighted by molar-refractivity contribution is 5.83. The Morgan fingerprint density at radius 3 is 2.67 bits per heavy atom. The van der Waals surface area contributed by atoms with Crippen LogP contribution in [0.5, 0.6) is 0 Å². The van der Waals surface area contributed by atoms with Gasteiger partial charge in [0.2, 0.25) is 0 Å². The molecule has 2 aromatic rings. The lowest BCUT2D eigenvalue weighted by Gasteiger charge is -2.29. The van der Waals surface area contributed by atoms with Crippen molar-refractivity contribution in [3.63, 3.8) is 0 Å². The Labute approximate surface area is 178 Å². The van der Waals surface area contributed by atoms with E-state index in [9.17, 15) is 9.59 Å². The number of rotatable bonds is 5. The molecule has 1 saturated heterocycles. The Morgan fingerprint density at radius 1 is 1.13 bits per heavy atom. The summed E-state index contributed by atoms with van der Waals surface area (Å²) in [7, 11) is 0. The van der Waals surface area contributed by atoms with Gasteiger partial charge in [0.05, 0.1) is 18.2 Å². The van der Waals surface area contributed by atoms with E-state index in [2.05, 4.69) is 29.4 Å². The molecule has 0 unspecified atom stereocenters. The quantitative estimate of drug-likeness (QED) is 0.775. The van der Waals surface area contributed by atoms with Gasteiger partial charge in [0.1, 0.15) is 0 Å². The van der Waals surface area contributed by atoms with E-state index in [1.54, 1.807) is 4.90 Å². The maximum absolute atomic E-state index is 13.1. The summed E-state index contributed by atoms with van der Waals surface area (Å²) in [6, 6.07) is 6.23. The standard InChI is InChI=1S/C24H33N3O3/c1-16-11-17(2)22-18(12-16)13-19(23(28)26-22)14-27(15-21-9-6-10-30-21)24(29)25-20-7-4-3-5-8-20/h11-13,20-21H,3-10,14-15H2,1-2H3,(H,25,29)(H,26,28)/t21-/m1/s1. The van der Waals surface area contributed by atoms with Crippen LogP contribution in [0.1, 0.15) is 61.6 Å². The summed E-state index contributed by atoms with van der Waals surface area (Å²) >= 11 is 0. The third-order valence-electron chi connectivity index (χ3n) is 6.40. The number of H-pyrrole nitrogens is 1. The first-order chi connectivity index (χ1) is 14.5. The number of hydrogen-bond donors (Lipinski definition) is 2. The number of amides is 2. The molecular formula is C24H33N3O3. The minimum absolute atomic E-state index is 0.0473. The molecular weight excluding hydrogens is 378 g/mol. The summed E-state index contributed by atoms with van der Waals surface area (Å²) in [5.41, 5.74) is 3.57. The van der Waals surface area contributed by atoms with Gasteiger partial charge < -0.3 is 19.9 Å². The predicted molar refractivity (Wildman–Crippen MR) is 119 cm³/mol. The molecule has 2 N–H and O–H groups in total. The van der Waals surface area contributed by atoms with Crippen molar-refractivity contribution in [2.45, 2.75) is 77.5 Å². The average molecular weight is 412 g/mol. The van der Waals surface area contributed by atoms with Crippen molar-refractivity contribution >= 4 is 16.9 Å². The molecule has 30 heavy (non-hydrogen) atoms. The zero-order valence-corrected chi connectivity index (χ0v) is 18.1. The van der Waals surface area contributed by atoms with Gasteiger partial charge in [0, 0.05) is 24.8 Å². The maximum atomic E-state index is 13.1. The van der Waals surface area contributed by atoms with E-state index < -0.39 is 0 Å². The second kappa shape index (κ2) is 9.21. The fourth-order valence-electron chi connectivity index (χ4n) is 4.82. The molecule has 1 aromatic carbocycles. The first kappa shape index (κ1) is 20.9. The van der Waals surface area contributed by atoms with Gasteiger partial charge in [0.25, 0.3) is 5.56 Å². The summed E-state index contributed by atoms with van der Waals surface area (Å²) in [5.74, 6) is 0. The molecule has 6 heteroatoms.